The molecular formula is C37H46O7. The van der Waals surface area contributed by atoms with Crippen LogP contribution in [0, 0.1) is 40.4 Å². The number of Topliss-reactive ketones (excluding diaryl/α,β-unsaturated/α-hetero) is 5. The molecule has 0 aliphatic heterocycles. The summed E-state index contributed by atoms with van der Waals surface area (Å²) < 4.78 is 0. The number of carbonyl (C=O) groups is 5. The highest BCUT2D eigenvalue weighted by Gasteiger charge is 2.76. The van der Waals surface area contributed by atoms with E-state index in [0.29, 0.717) is 23.5 Å². The summed E-state index contributed by atoms with van der Waals surface area (Å²) in [5, 5.41) is 23.8. The van der Waals surface area contributed by atoms with E-state index >= 15 is 0 Å². The van der Waals surface area contributed by atoms with Crippen LogP contribution in [0.1, 0.15) is 108 Å². The maximum atomic E-state index is 14.6. The Morgan fingerprint density at radius 1 is 1.05 bits per heavy atom. The summed E-state index contributed by atoms with van der Waals surface area (Å²) in [5.41, 5.74) is -1.52. The van der Waals surface area contributed by atoms with Gasteiger partial charge >= 0.3 is 0 Å². The van der Waals surface area contributed by atoms with Gasteiger partial charge in [0.15, 0.2) is 28.7 Å². The highest BCUT2D eigenvalue weighted by molar-refractivity contribution is 6.32. The number of hydrogen-bond donors (Lipinski definition) is 2. The lowest BCUT2D eigenvalue weighted by Crippen LogP contribution is -2.76. The van der Waals surface area contributed by atoms with E-state index in [9.17, 15) is 34.2 Å². The molecule has 4 unspecified atom stereocenters. The molecule has 4 aliphatic carbocycles. The summed E-state index contributed by atoms with van der Waals surface area (Å²) in [6.07, 6.45) is 8.84. The Bertz CT molecular complexity index is 1540. The van der Waals surface area contributed by atoms with Gasteiger partial charge in [-0.3, -0.25) is 24.0 Å². The fourth-order valence-electron chi connectivity index (χ4n) is 9.41. The third kappa shape index (κ3) is 4.36. The van der Waals surface area contributed by atoms with Crippen LogP contribution < -0.4 is 0 Å². The Morgan fingerprint density at radius 3 is 2.25 bits per heavy atom. The van der Waals surface area contributed by atoms with E-state index in [4.69, 9.17) is 0 Å². The van der Waals surface area contributed by atoms with E-state index in [1.54, 1.807) is 20.8 Å². The van der Waals surface area contributed by atoms with Crippen molar-refractivity contribution in [2.75, 3.05) is 0 Å². The maximum absolute atomic E-state index is 14.6. The number of carbonyl (C=O) groups excluding carboxylic acids is 5. The highest BCUT2D eigenvalue weighted by Crippen LogP contribution is 2.64. The van der Waals surface area contributed by atoms with Crippen molar-refractivity contribution in [3.05, 3.63) is 52.1 Å². The molecular weight excluding hydrogens is 556 g/mol. The van der Waals surface area contributed by atoms with Crippen molar-refractivity contribution >= 4 is 28.9 Å². The van der Waals surface area contributed by atoms with Crippen LogP contribution in [-0.2, 0) is 32.0 Å². The number of aliphatic hydroxyl groups is 1. The Hall–Kier alpha value is -3.19. The number of fused-ring (bicyclic) bond motifs is 3. The molecule has 1 aromatic carbocycles. The van der Waals surface area contributed by atoms with E-state index in [0.717, 1.165) is 25.3 Å². The average Bonchev–Trinajstić information content (AvgIpc) is 3.31. The first-order valence-electron chi connectivity index (χ1n) is 16.1. The standard InChI is InChI=1S/C37H46O7/c1-18(2)24-15-23(14-10-13-22-12-9-11-20(22)5)30(39)27-25(24)16-35(7)17-36(8)28(19(3)4)31(40)26(21(6)38)33(42)37(36,44)34(43)29(35)32(27)41/h9,11-12,15,18-20,26,28-29,39,44H,10,13-14,16-17H2,1-8H3/t20?,26?,28?,29?,35-,36-,37+/m1/s1. The number of rotatable bonds is 7. The summed E-state index contributed by atoms with van der Waals surface area (Å²) in [6.45, 7) is 14.3. The lowest BCUT2D eigenvalue weighted by Gasteiger charge is -2.62. The molecule has 0 amide bonds. The monoisotopic (exact) mass is 602 g/mol. The van der Waals surface area contributed by atoms with Crippen LogP contribution in [0.5, 0.6) is 5.75 Å². The van der Waals surface area contributed by atoms with Gasteiger partial charge in [0, 0.05) is 11.3 Å². The third-order valence-corrected chi connectivity index (χ3v) is 11.3. The van der Waals surface area contributed by atoms with Gasteiger partial charge in [-0.1, -0.05) is 78.3 Å². The van der Waals surface area contributed by atoms with Crippen molar-refractivity contribution in [1.29, 1.82) is 0 Å². The molecule has 7 heteroatoms. The summed E-state index contributed by atoms with van der Waals surface area (Å²) in [7, 11) is 0. The van der Waals surface area contributed by atoms with Crippen LogP contribution in [-0.4, -0.2) is 44.7 Å². The zero-order valence-electron chi connectivity index (χ0n) is 27.2. The molecule has 0 heterocycles. The quantitative estimate of drug-likeness (QED) is 0.385. The molecule has 0 bridgehead atoms. The predicted octanol–water partition coefficient (Wildman–Crippen LogP) is 5.67. The number of benzene rings is 1. The lowest BCUT2D eigenvalue weighted by molar-refractivity contribution is -0.205. The third-order valence-electron chi connectivity index (χ3n) is 11.3. The molecule has 0 spiro atoms. The summed E-state index contributed by atoms with van der Waals surface area (Å²) >= 11 is 0. The first-order valence-corrected chi connectivity index (χ1v) is 16.1. The zero-order chi connectivity index (χ0) is 32.7. The van der Waals surface area contributed by atoms with Crippen LogP contribution in [0.2, 0.25) is 0 Å². The second-order valence-corrected chi connectivity index (χ2v) is 15.1. The molecule has 5 rings (SSSR count). The van der Waals surface area contributed by atoms with E-state index in [1.807, 2.05) is 26.8 Å². The van der Waals surface area contributed by atoms with E-state index < -0.39 is 63.1 Å². The molecule has 2 saturated carbocycles. The fraction of sp³-hybridized carbons (Fsp3) is 0.595. The number of ketones is 5. The molecule has 7 atom stereocenters. The average molecular weight is 603 g/mol. The normalized spacial score (nSPS) is 34.8. The van der Waals surface area contributed by atoms with Crippen molar-refractivity contribution in [3.63, 3.8) is 0 Å². The molecule has 44 heavy (non-hydrogen) atoms. The summed E-state index contributed by atoms with van der Waals surface area (Å²) in [6, 6.07) is 1.99. The van der Waals surface area contributed by atoms with Crippen LogP contribution in [0.15, 0.2) is 29.9 Å². The van der Waals surface area contributed by atoms with Gasteiger partial charge in [0.1, 0.15) is 17.5 Å². The second-order valence-electron chi connectivity index (χ2n) is 15.1. The van der Waals surface area contributed by atoms with Gasteiger partial charge in [-0.25, -0.2) is 0 Å². The molecule has 7 nitrogen and oxygen atoms in total. The minimum atomic E-state index is -2.68. The number of aryl methyl sites for hydroxylation is 1. The van der Waals surface area contributed by atoms with Crippen LogP contribution in [0.25, 0.3) is 0 Å². The Kier molecular flexibility index (Phi) is 7.84. The molecule has 0 saturated heterocycles. The van der Waals surface area contributed by atoms with E-state index in [-0.39, 0.29) is 36.0 Å². The predicted molar refractivity (Wildman–Crippen MR) is 166 cm³/mol. The van der Waals surface area contributed by atoms with E-state index in [2.05, 4.69) is 25.2 Å². The van der Waals surface area contributed by atoms with Gasteiger partial charge in [0.05, 0.1) is 11.5 Å². The molecule has 2 fully saturated rings. The molecule has 236 valence electrons. The first-order chi connectivity index (χ1) is 20.4. The smallest absolute Gasteiger partial charge is 0.190 e. The minimum absolute atomic E-state index is 0.0298. The Balaban J connectivity index is 1.62. The number of phenols is 1. The van der Waals surface area contributed by atoms with E-state index in [1.165, 1.54) is 5.57 Å². The van der Waals surface area contributed by atoms with Crippen LogP contribution in [0.4, 0.5) is 0 Å². The fourth-order valence-corrected chi connectivity index (χ4v) is 9.41. The zero-order valence-corrected chi connectivity index (χ0v) is 27.2. The maximum Gasteiger partial charge on any atom is 0.190 e. The number of aromatic hydroxyl groups is 1. The molecule has 4 aliphatic rings. The van der Waals surface area contributed by atoms with Gasteiger partial charge in [0.2, 0.25) is 0 Å². The first kappa shape index (κ1) is 32.2. The van der Waals surface area contributed by atoms with Crippen molar-refractivity contribution in [2.45, 2.75) is 99.0 Å². The van der Waals surface area contributed by atoms with Crippen molar-refractivity contribution in [1.82, 2.24) is 0 Å². The van der Waals surface area contributed by atoms with Gasteiger partial charge in [-0.2, -0.15) is 0 Å². The number of hydrogen-bond acceptors (Lipinski definition) is 7. The minimum Gasteiger partial charge on any atom is -0.507 e. The lowest BCUT2D eigenvalue weighted by atomic mass is 9.39. The van der Waals surface area contributed by atoms with Gasteiger partial charge in [-0.05, 0) is 78.9 Å². The number of phenolic OH excluding ortho intramolecular Hbond substituents is 1. The van der Waals surface area contributed by atoms with Gasteiger partial charge in [-0.15, -0.1) is 0 Å². The molecule has 0 aromatic heterocycles. The highest BCUT2D eigenvalue weighted by atomic mass is 16.3. The topological polar surface area (TPSA) is 126 Å². The molecule has 0 radical (unpaired) electrons. The largest absolute Gasteiger partial charge is 0.507 e. The SMILES string of the molecule is CC(=O)C1C(=O)C(C(C)C)[C@@]2(C)C[C@@]3(C)Cc4c(C(C)C)cc(CCCC5=CC=CC5C)c(O)c4C(=O)C3C(=O)[C@@]2(O)C1=O. The van der Waals surface area contributed by atoms with Crippen molar-refractivity contribution in [2.24, 2.45) is 40.4 Å². The van der Waals surface area contributed by atoms with Crippen LogP contribution in [0.3, 0.4) is 0 Å². The Morgan fingerprint density at radius 2 is 1.70 bits per heavy atom. The Labute approximate surface area is 260 Å². The van der Waals surface area contributed by atoms with Crippen molar-refractivity contribution < 1.29 is 34.2 Å². The summed E-state index contributed by atoms with van der Waals surface area (Å²) in [4.78, 5) is 69.2. The van der Waals surface area contributed by atoms with Gasteiger partial charge < -0.3 is 10.2 Å². The number of allylic oxidation sites excluding steroid dienone is 4. The second kappa shape index (κ2) is 10.7. The van der Waals surface area contributed by atoms with Crippen molar-refractivity contribution in [3.8, 4) is 5.75 Å². The molecule has 2 N–H and O–H groups in total. The van der Waals surface area contributed by atoms with Crippen LogP contribution >= 0.6 is 0 Å². The van der Waals surface area contributed by atoms with Gasteiger partial charge in [0.25, 0.3) is 0 Å². The summed E-state index contributed by atoms with van der Waals surface area (Å²) in [5.74, 6) is -8.14. The molecule has 1 aromatic rings.